The lowest BCUT2D eigenvalue weighted by atomic mass is 10.0. The van der Waals surface area contributed by atoms with Gasteiger partial charge in [-0.15, -0.1) is 0 Å². The van der Waals surface area contributed by atoms with Gasteiger partial charge in [-0.1, -0.05) is 13.0 Å². The molecule has 0 amide bonds. The third kappa shape index (κ3) is 3.39. The van der Waals surface area contributed by atoms with Crippen molar-refractivity contribution < 1.29 is 9.13 Å². The molecule has 0 radical (unpaired) electrons. The van der Waals surface area contributed by atoms with Gasteiger partial charge < -0.3 is 10.5 Å². The second-order valence-electron chi connectivity index (χ2n) is 5.33. The lowest BCUT2D eigenvalue weighted by Gasteiger charge is -2.43. The number of nitrogens with two attached hydrogens (primary N) is 1. The predicted octanol–water partition coefficient (Wildman–Crippen LogP) is 3.09. The molecule has 0 aliphatic carbocycles. The van der Waals surface area contributed by atoms with Crippen molar-refractivity contribution in [2.75, 3.05) is 19.7 Å². The molecule has 3 atom stereocenters. The van der Waals surface area contributed by atoms with E-state index in [4.69, 9.17) is 10.5 Å². The van der Waals surface area contributed by atoms with Crippen LogP contribution in [0.15, 0.2) is 22.7 Å². The SMILES string of the molecule is CCC1COC(C)CN1C(CN)c1ccc(F)c(Br)c1. The summed E-state index contributed by atoms with van der Waals surface area (Å²) in [5.41, 5.74) is 7.04. The third-order valence-corrected chi connectivity index (χ3v) is 4.54. The third-order valence-electron chi connectivity index (χ3n) is 3.93. The normalized spacial score (nSPS) is 25.6. The average molecular weight is 345 g/mol. The number of rotatable bonds is 4. The van der Waals surface area contributed by atoms with E-state index in [0.717, 1.165) is 25.1 Å². The summed E-state index contributed by atoms with van der Waals surface area (Å²) in [4.78, 5) is 2.40. The van der Waals surface area contributed by atoms with Crippen molar-refractivity contribution in [3.8, 4) is 0 Å². The largest absolute Gasteiger partial charge is 0.376 e. The Morgan fingerprint density at radius 1 is 1.55 bits per heavy atom. The van der Waals surface area contributed by atoms with E-state index in [-0.39, 0.29) is 18.0 Å². The molecule has 1 aromatic rings. The maximum Gasteiger partial charge on any atom is 0.137 e. The van der Waals surface area contributed by atoms with Gasteiger partial charge in [-0.05, 0) is 47.0 Å². The monoisotopic (exact) mass is 344 g/mol. The zero-order valence-corrected chi connectivity index (χ0v) is 13.6. The van der Waals surface area contributed by atoms with Gasteiger partial charge in [-0.25, -0.2) is 4.39 Å². The van der Waals surface area contributed by atoms with Gasteiger partial charge in [-0.2, -0.15) is 0 Å². The highest BCUT2D eigenvalue weighted by molar-refractivity contribution is 9.10. The molecule has 1 fully saturated rings. The first-order valence-electron chi connectivity index (χ1n) is 7.09. The Bertz CT molecular complexity index is 457. The van der Waals surface area contributed by atoms with Crippen LogP contribution in [0.25, 0.3) is 0 Å². The predicted molar refractivity (Wildman–Crippen MR) is 82.1 cm³/mol. The zero-order valence-electron chi connectivity index (χ0n) is 12.0. The van der Waals surface area contributed by atoms with E-state index >= 15 is 0 Å². The first kappa shape index (κ1) is 15.9. The minimum absolute atomic E-state index is 0.100. The fourth-order valence-electron chi connectivity index (χ4n) is 2.79. The van der Waals surface area contributed by atoms with Crippen LogP contribution in [-0.4, -0.2) is 36.7 Å². The van der Waals surface area contributed by atoms with Crippen LogP contribution in [0.1, 0.15) is 31.9 Å². The molecular weight excluding hydrogens is 323 g/mol. The van der Waals surface area contributed by atoms with Gasteiger partial charge in [0.2, 0.25) is 0 Å². The van der Waals surface area contributed by atoms with Crippen LogP contribution in [-0.2, 0) is 4.74 Å². The van der Waals surface area contributed by atoms with Crippen LogP contribution in [0.5, 0.6) is 0 Å². The summed E-state index contributed by atoms with van der Waals surface area (Å²) in [6.07, 6.45) is 1.22. The van der Waals surface area contributed by atoms with Crippen LogP contribution in [0, 0.1) is 5.82 Å². The van der Waals surface area contributed by atoms with Crippen molar-refractivity contribution in [1.82, 2.24) is 4.90 Å². The van der Waals surface area contributed by atoms with E-state index < -0.39 is 0 Å². The van der Waals surface area contributed by atoms with Crippen LogP contribution in [0.4, 0.5) is 4.39 Å². The molecule has 2 N–H and O–H groups in total. The summed E-state index contributed by atoms with van der Waals surface area (Å²) in [5, 5.41) is 0. The number of ether oxygens (including phenoxy) is 1. The summed E-state index contributed by atoms with van der Waals surface area (Å²) in [5.74, 6) is -0.244. The van der Waals surface area contributed by atoms with Crippen LogP contribution in [0.3, 0.4) is 0 Å². The van der Waals surface area contributed by atoms with Gasteiger partial charge in [0.15, 0.2) is 0 Å². The molecule has 1 aliphatic heterocycles. The highest BCUT2D eigenvalue weighted by atomic mass is 79.9. The molecule has 20 heavy (non-hydrogen) atoms. The quantitative estimate of drug-likeness (QED) is 0.912. The molecular formula is C15H22BrFN2O. The fraction of sp³-hybridized carbons (Fsp3) is 0.600. The summed E-state index contributed by atoms with van der Waals surface area (Å²) >= 11 is 3.25. The Kier molecular flexibility index (Phi) is 5.55. The zero-order chi connectivity index (χ0) is 14.7. The number of morpholine rings is 1. The highest BCUT2D eigenvalue weighted by Crippen LogP contribution is 2.29. The molecule has 112 valence electrons. The lowest BCUT2D eigenvalue weighted by molar-refractivity contribution is -0.0719. The Hall–Kier alpha value is -0.490. The highest BCUT2D eigenvalue weighted by Gasteiger charge is 2.31. The van der Waals surface area contributed by atoms with E-state index in [1.54, 1.807) is 0 Å². The first-order chi connectivity index (χ1) is 9.56. The summed E-state index contributed by atoms with van der Waals surface area (Å²) < 4.78 is 19.6. The maximum absolute atomic E-state index is 13.4. The van der Waals surface area contributed by atoms with Crippen LogP contribution in [0.2, 0.25) is 0 Å². The average Bonchev–Trinajstić information content (AvgIpc) is 2.44. The Labute approximate surface area is 128 Å². The molecule has 0 aromatic heterocycles. The molecule has 5 heteroatoms. The summed E-state index contributed by atoms with van der Waals surface area (Å²) in [6, 6.07) is 5.61. The summed E-state index contributed by atoms with van der Waals surface area (Å²) in [7, 11) is 0. The van der Waals surface area contributed by atoms with Gasteiger partial charge in [0, 0.05) is 25.2 Å². The number of halogens is 2. The Balaban J connectivity index is 2.26. The maximum atomic E-state index is 13.4. The molecule has 3 unspecified atom stereocenters. The van der Waals surface area contributed by atoms with E-state index in [9.17, 15) is 4.39 Å². The van der Waals surface area contributed by atoms with Crippen molar-refractivity contribution in [2.24, 2.45) is 5.73 Å². The second-order valence-corrected chi connectivity index (χ2v) is 6.18. The minimum Gasteiger partial charge on any atom is -0.376 e. The van der Waals surface area contributed by atoms with Gasteiger partial charge >= 0.3 is 0 Å². The molecule has 2 rings (SSSR count). The fourth-order valence-corrected chi connectivity index (χ4v) is 3.18. The second kappa shape index (κ2) is 6.98. The van der Waals surface area contributed by atoms with Crippen LogP contribution < -0.4 is 5.73 Å². The number of hydrogen-bond donors (Lipinski definition) is 1. The topological polar surface area (TPSA) is 38.5 Å². The van der Waals surface area contributed by atoms with Gasteiger partial charge in [0.1, 0.15) is 5.82 Å². The number of nitrogens with zero attached hydrogens (tertiary/aromatic N) is 1. The molecule has 0 saturated carbocycles. The molecule has 0 spiro atoms. The smallest absolute Gasteiger partial charge is 0.137 e. The molecule has 1 saturated heterocycles. The van der Waals surface area contributed by atoms with Crippen molar-refractivity contribution in [3.05, 3.63) is 34.1 Å². The standard InChI is InChI=1S/C15H22BrFN2O/c1-3-12-9-20-10(2)8-19(12)15(7-18)11-4-5-14(17)13(16)6-11/h4-6,10,12,15H,3,7-9,18H2,1-2H3. The van der Waals surface area contributed by atoms with Crippen molar-refractivity contribution in [1.29, 1.82) is 0 Å². The van der Waals surface area contributed by atoms with Crippen molar-refractivity contribution >= 4 is 15.9 Å². The van der Waals surface area contributed by atoms with E-state index in [1.807, 2.05) is 12.1 Å². The van der Waals surface area contributed by atoms with Crippen LogP contribution >= 0.6 is 15.9 Å². The van der Waals surface area contributed by atoms with E-state index in [2.05, 4.69) is 34.7 Å². The van der Waals surface area contributed by atoms with Gasteiger partial charge in [0.25, 0.3) is 0 Å². The number of hydrogen-bond acceptors (Lipinski definition) is 3. The van der Waals surface area contributed by atoms with Crippen molar-refractivity contribution in [2.45, 2.75) is 38.5 Å². The van der Waals surface area contributed by atoms with Crippen molar-refractivity contribution in [3.63, 3.8) is 0 Å². The van der Waals surface area contributed by atoms with E-state index in [1.165, 1.54) is 6.07 Å². The molecule has 0 bridgehead atoms. The Morgan fingerprint density at radius 3 is 2.90 bits per heavy atom. The summed E-state index contributed by atoms with van der Waals surface area (Å²) in [6.45, 7) is 6.34. The first-order valence-corrected chi connectivity index (χ1v) is 7.88. The van der Waals surface area contributed by atoms with Gasteiger partial charge in [0.05, 0.1) is 17.2 Å². The lowest BCUT2D eigenvalue weighted by Crippen LogP contribution is -2.51. The molecule has 3 nitrogen and oxygen atoms in total. The molecule has 1 aliphatic rings. The van der Waals surface area contributed by atoms with Gasteiger partial charge in [-0.3, -0.25) is 4.90 Å². The molecule has 1 heterocycles. The van der Waals surface area contributed by atoms with E-state index in [0.29, 0.717) is 17.1 Å². The minimum atomic E-state index is -0.244. The number of benzene rings is 1. The molecule has 1 aromatic carbocycles. The Morgan fingerprint density at radius 2 is 2.30 bits per heavy atom.